The zero-order chi connectivity index (χ0) is 15.1. The number of hydrogen-bond acceptors (Lipinski definition) is 2. The maximum atomic E-state index is 6.31. The zero-order valence-corrected chi connectivity index (χ0v) is 13.5. The molecule has 0 saturated heterocycles. The maximum absolute atomic E-state index is 6.31. The number of halogens is 2. The summed E-state index contributed by atoms with van der Waals surface area (Å²) in [6.07, 6.45) is 0.822. The van der Waals surface area contributed by atoms with Crippen LogP contribution in [0.3, 0.4) is 0 Å². The number of benzene rings is 2. The van der Waals surface area contributed by atoms with Gasteiger partial charge in [-0.25, -0.2) is 0 Å². The Balaban J connectivity index is 2.00. The van der Waals surface area contributed by atoms with E-state index in [4.69, 9.17) is 27.9 Å². The Hall–Kier alpha value is -1.22. The zero-order valence-electron chi connectivity index (χ0n) is 12.0. The van der Waals surface area contributed by atoms with E-state index in [0.29, 0.717) is 16.7 Å². The topological polar surface area (TPSA) is 21.3 Å². The highest BCUT2D eigenvalue weighted by Gasteiger charge is 2.15. The number of para-hydroxylation sites is 1. The van der Waals surface area contributed by atoms with Gasteiger partial charge in [0.15, 0.2) is 0 Å². The van der Waals surface area contributed by atoms with E-state index < -0.39 is 0 Å². The van der Waals surface area contributed by atoms with E-state index in [9.17, 15) is 0 Å². The highest BCUT2D eigenvalue weighted by atomic mass is 35.5. The average Bonchev–Trinajstić information content (AvgIpc) is 2.50. The van der Waals surface area contributed by atoms with E-state index in [0.717, 1.165) is 24.3 Å². The molecule has 2 nitrogen and oxygen atoms in total. The van der Waals surface area contributed by atoms with Crippen molar-refractivity contribution in [3.63, 3.8) is 0 Å². The average molecular weight is 324 g/mol. The van der Waals surface area contributed by atoms with Gasteiger partial charge in [0.25, 0.3) is 0 Å². The summed E-state index contributed by atoms with van der Waals surface area (Å²) >= 11 is 12.4. The first-order valence-electron chi connectivity index (χ1n) is 7.07. The van der Waals surface area contributed by atoms with Gasteiger partial charge in [0.2, 0.25) is 0 Å². The molecule has 1 atom stereocenters. The lowest BCUT2D eigenvalue weighted by atomic mass is 10.0. The molecule has 0 aliphatic heterocycles. The van der Waals surface area contributed by atoms with Crippen LogP contribution in [-0.2, 0) is 0 Å². The van der Waals surface area contributed by atoms with Crippen LogP contribution in [0.5, 0.6) is 5.75 Å². The van der Waals surface area contributed by atoms with Crippen molar-refractivity contribution >= 4 is 23.2 Å². The van der Waals surface area contributed by atoms with Crippen LogP contribution in [0.15, 0.2) is 48.5 Å². The third-order valence-corrected chi connectivity index (χ3v) is 4.06. The molecule has 112 valence electrons. The van der Waals surface area contributed by atoms with Gasteiger partial charge >= 0.3 is 0 Å². The van der Waals surface area contributed by atoms with Crippen LogP contribution in [0.4, 0.5) is 0 Å². The van der Waals surface area contributed by atoms with Crippen LogP contribution in [-0.4, -0.2) is 13.2 Å². The van der Waals surface area contributed by atoms with Gasteiger partial charge in [-0.05, 0) is 30.3 Å². The van der Waals surface area contributed by atoms with Crippen molar-refractivity contribution in [1.82, 2.24) is 5.32 Å². The lowest BCUT2D eigenvalue weighted by Gasteiger charge is -2.20. The van der Waals surface area contributed by atoms with Crippen molar-refractivity contribution in [2.45, 2.75) is 19.4 Å². The fourth-order valence-electron chi connectivity index (χ4n) is 2.21. The summed E-state index contributed by atoms with van der Waals surface area (Å²) in [7, 11) is 0. The van der Waals surface area contributed by atoms with Crippen LogP contribution < -0.4 is 10.1 Å². The van der Waals surface area contributed by atoms with E-state index in [1.54, 1.807) is 6.07 Å². The van der Waals surface area contributed by atoms with Crippen LogP contribution >= 0.6 is 23.2 Å². The lowest BCUT2D eigenvalue weighted by molar-refractivity contribution is 0.287. The Morgan fingerprint density at radius 2 is 1.81 bits per heavy atom. The van der Waals surface area contributed by atoms with Gasteiger partial charge in [0, 0.05) is 12.5 Å². The molecule has 0 aliphatic carbocycles. The smallest absolute Gasteiger partial charge is 0.119 e. The molecule has 1 N–H and O–H groups in total. The molecular formula is C17H19Cl2NO. The molecule has 2 aromatic carbocycles. The van der Waals surface area contributed by atoms with Crippen molar-refractivity contribution < 1.29 is 4.74 Å². The van der Waals surface area contributed by atoms with E-state index in [1.807, 2.05) is 42.5 Å². The first-order valence-corrected chi connectivity index (χ1v) is 7.83. The minimum atomic E-state index is 0.130. The molecule has 0 saturated carbocycles. The first-order chi connectivity index (χ1) is 10.2. The molecule has 0 spiro atoms. The highest BCUT2D eigenvalue weighted by Crippen LogP contribution is 2.31. The van der Waals surface area contributed by atoms with Crippen molar-refractivity contribution in [1.29, 1.82) is 0 Å². The molecule has 0 radical (unpaired) electrons. The van der Waals surface area contributed by atoms with E-state index in [1.165, 1.54) is 0 Å². The minimum absolute atomic E-state index is 0.130. The van der Waals surface area contributed by atoms with Gasteiger partial charge in [0.05, 0.1) is 16.7 Å². The quantitative estimate of drug-likeness (QED) is 0.764. The van der Waals surface area contributed by atoms with E-state index >= 15 is 0 Å². The van der Waals surface area contributed by atoms with Crippen molar-refractivity contribution in [3.05, 3.63) is 64.1 Å². The monoisotopic (exact) mass is 323 g/mol. The van der Waals surface area contributed by atoms with Gasteiger partial charge < -0.3 is 10.1 Å². The predicted octanol–water partition coefficient (Wildman–Crippen LogP) is 5.11. The van der Waals surface area contributed by atoms with Gasteiger partial charge in [-0.3, -0.25) is 0 Å². The second-order valence-corrected chi connectivity index (χ2v) is 5.49. The summed E-state index contributed by atoms with van der Waals surface area (Å²) in [5.74, 6) is 0.880. The van der Waals surface area contributed by atoms with Crippen LogP contribution in [0.1, 0.15) is 24.9 Å². The molecule has 0 amide bonds. The Kier molecular flexibility index (Phi) is 6.37. The molecule has 21 heavy (non-hydrogen) atoms. The predicted molar refractivity (Wildman–Crippen MR) is 89.4 cm³/mol. The number of hydrogen-bond donors (Lipinski definition) is 1. The number of nitrogens with one attached hydrogen (secondary N) is 1. The van der Waals surface area contributed by atoms with Crippen molar-refractivity contribution in [3.8, 4) is 5.75 Å². The molecule has 1 unspecified atom stereocenters. The first kappa shape index (κ1) is 16.2. The molecule has 4 heteroatoms. The Morgan fingerprint density at radius 1 is 1.05 bits per heavy atom. The minimum Gasteiger partial charge on any atom is -0.494 e. The van der Waals surface area contributed by atoms with Crippen molar-refractivity contribution in [2.24, 2.45) is 0 Å². The number of ether oxygens (including phenoxy) is 1. The Morgan fingerprint density at radius 3 is 2.52 bits per heavy atom. The molecule has 2 aromatic rings. The highest BCUT2D eigenvalue weighted by molar-refractivity contribution is 6.42. The molecule has 0 aliphatic rings. The van der Waals surface area contributed by atoms with Crippen LogP contribution in [0.25, 0.3) is 0 Å². The molecule has 2 rings (SSSR count). The van der Waals surface area contributed by atoms with Gasteiger partial charge in [-0.1, -0.05) is 60.5 Å². The Labute approximate surface area is 136 Å². The largest absolute Gasteiger partial charge is 0.494 e. The second-order valence-electron chi connectivity index (χ2n) is 4.70. The van der Waals surface area contributed by atoms with Crippen molar-refractivity contribution in [2.75, 3.05) is 13.2 Å². The summed E-state index contributed by atoms with van der Waals surface area (Å²) in [4.78, 5) is 0. The van der Waals surface area contributed by atoms with E-state index in [-0.39, 0.29) is 6.04 Å². The van der Waals surface area contributed by atoms with Gasteiger partial charge in [-0.15, -0.1) is 0 Å². The normalized spacial score (nSPS) is 12.1. The summed E-state index contributed by atoms with van der Waals surface area (Å²) in [6, 6.07) is 15.7. The second kappa shape index (κ2) is 8.28. The van der Waals surface area contributed by atoms with E-state index in [2.05, 4.69) is 12.2 Å². The summed E-state index contributed by atoms with van der Waals surface area (Å²) in [5.41, 5.74) is 1.02. The van der Waals surface area contributed by atoms with Gasteiger partial charge in [-0.2, -0.15) is 0 Å². The van der Waals surface area contributed by atoms with Crippen LogP contribution in [0.2, 0.25) is 10.0 Å². The SMILES string of the molecule is CCNC(CCOc1ccccc1)c1cccc(Cl)c1Cl. The fraction of sp³-hybridized carbons (Fsp3) is 0.294. The standard InChI is InChI=1S/C17H19Cl2NO/c1-2-20-16(14-9-6-10-15(18)17(14)19)11-12-21-13-7-4-3-5-8-13/h3-10,16,20H,2,11-12H2,1H3. The van der Waals surface area contributed by atoms with Crippen LogP contribution in [0, 0.1) is 0 Å². The summed E-state index contributed by atoms with van der Waals surface area (Å²) < 4.78 is 5.76. The molecule has 0 heterocycles. The fourth-order valence-corrected chi connectivity index (χ4v) is 2.65. The molecule has 0 aromatic heterocycles. The molecule has 0 fully saturated rings. The maximum Gasteiger partial charge on any atom is 0.119 e. The molecular weight excluding hydrogens is 305 g/mol. The van der Waals surface area contributed by atoms with Gasteiger partial charge in [0.1, 0.15) is 5.75 Å². The number of rotatable bonds is 7. The summed E-state index contributed by atoms with van der Waals surface area (Å²) in [6.45, 7) is 3.55. The summed E-state index contributed by atoms with van der Waals surface area (Å²) in [5, 5.41) is 4.63. The third kappa shape index (κ3) is 4.63. The lowest BCUT2D eigenvalue weighted by Crippen LogP contribution is -2.23. The third-order valence-electron chi connectivity index (χ3n) is 3.23. The molecule has 0 bridgehead atoms. The Bertz CT molecular complexity index is 560.